The van der Waals surface area contributed by atoms with Gasteiger partial charge in [-0.15, -0.1) is 13.2 Å². The van der Waals surface area contributed by atoms with Crippen LogP contribution in [-0.4, -0.2) is 34.1 Å². The van der Waals surface area contributed by atoms with Gasteiger partial charge in [-0.1, -0.05) is 12.1 Å². The summed E-state index contributed by atoms with van der Waals surface area (Å²) < 4.78 is 46.9. The van der Waals surface area contributed by atoms with Gasteiger partial charge >= 0.3 is 12.3 Å². The van der Waals surface area contributed by atoms with E-state index < -0.39 is 30.1 Å². The summed E-state index contributed by atoms with van der Waals surface area (Å²) in [6.45, 7) is 1.50. The summed E-state index contributed by atoms with van der Waals surface area (Å²) in [7, 11) is 0. The molecule has 0 saturated carbocycles. The maximum absolute atomic E-state index is 12.2. The molecule has 0 radical (unpaired) electrons. The van der Waals surface area contributed by atoms with E-state index in [-0.39, 0.29) is 24.1 Å². The summed E-state index contributed by atoms with van der Waals surface area (Å²) in [5, 5.41) is 6.92. The van der Waals surface area contributed by atoms with Crippen LogP contribution in [0.25, 0.3) is 10.9 Å². The maximum Gasteiger partial charge on any atom is 0.573 e. The van der Waals surface area contributed by atoms with E-state index in [2.05, 4.69) is 15.2 Å². The molecule has 0 bridgehead atoms. The molecule has 11 heteroatoms. The third-order valence-corrected chi connectivity index (χ3v) is 4.32. The smallest absolute Gasteiger partial charge is 0.452 e. The first-order chi connectivity index (χ1) is 15.1. The van der Waals surface area contributed by atoms with Crippen molar-refractivity contribution >= 4 is 28.5 Å². The molecule has 2 aromatic carbocycles. The summed E-state index contributed by atoms with van der Waals surface area (Å²) >= 11 is 0. The van der Waals surface area contributed by atoms with Crippen LogP contribution in [0.2, 0.25) is 0 Å². The fourth-order valence-corrected chi connectivity index (χ4v) is 2.83. The Morgan fingerprint density at radius 1 is 1.12 bits per heavy atom. The lowest BCUT2D eigenvalue weighted by Crippen LogP contribution is -2.30. The SMILES string of the molecule is CC(OC(=O)CCn1ncc(=O)c2ccccc21)C(=O)Nc1ccc(OC(F)(F)F)cc1. The third kappa shape index (κ3) is 6.06. The Labute approximate surface area is 179 Å². The Kier molecular flexibility index (Phi) is 6.76. The van der Waals surface area contributed by atoms with E-state index in [0.717, 1.165) is 18.3 Å². The van der Waals surface area contributed by atoms with E-state index in [1.807, 2.05) is 0 Å². The zero-order chi connectivity index (χ0) is 23.3. The van der Waals surface area contributed by atoms with Crippen LogP contribution in [0.15, 0.2) is 59.5 Å². The Balaban J connectivity index is 1.53. The molecule has 1 atom stereocenters. The third-order valence-electron chi connectivity index (χ3n) is 4.32. The maximum atomic E-state index is 12.2. The molecule has 168 valence electrons. The van der Waals surface area contributed by atoms with Crippen LogP contribution >= 0.6 is 0 Å². The summed E-state index contributed by atoms with van der Waals surface area (Å²) in [4.78, 5) is 36.2. The van der Waals surface area contributed by atoms with Gasteiger partial charge in [-0.05, 0) is 43.3 Å². The number of nitrogens with zero attached hydrogens (tertiary/aromatic N) is 2. The highest BCUT2D eigenvalue weighted by atomic mass is 19.4. The Hall–Kier alpha value is -3.89. The van der Waals surface area contributed by atoms with Crippen molar-refractivity contribution in [1.82, 2.24) is 9.78 Å². The van der Waals surface area contributed by atoms with E-state index in [1.54, 1.807) is 24.3 Å². The molecule has 0 saturated heterocycles. The monoisotopic (exact) mass is 449 g/mol. The van der Waals surface area contributed by atoms with Gasteiger partial charge in [0.1, 0.15) is 5.75 Å². The first-order valence-corrected chi connectivity index (χ1v) is 9.43. The standard InChI is InChI=1S/C21H18F3N3O5/c1-13(20(30)26-14-6-8-15(9-7-14)32-21(22,23)24)31-19(29)10-11-27-17-5-3-2-4-16(17)18(28)12-25-27/h2-9,12-13H,10-11H2,1H3,(H,26,30). The van der Waals surface area contributed by atoms with Crippen molar-refractivity contribution in [3.63, 3.8) is 0 Å². The molecule has 0 spiro atoms. The van der Waals surface area contributed by atoms with Crippen molar-refractivity contribution in [2.45, 2.75) is 32.4 Å². The Bertz CT molecular complexity index is 1180. The summed E-state index contributed by atoms with van der Waals surface area (Å²) in [5.74, 6) is -1.75. The number of amides is 1. The number of aryl methyl sites for hydroxylation is 1. The van der Waals surface area contributed by atoms with Crippen LogP contribution in [0, 0.1) is 0 Å². The van der Waals surface area contributed by atoms with E-state index in [4.69, 9.17) is 4.74 Å². The van der Waals surface area contributed by atoms with Crippen LogP contribution in [0.4, 0.5) is 18.9 Å². The molecule has 1 aromatic heterocycles. The van der Waals surface area contributed by atoms with Gasteiger partial charge in [0, 0.05) is 11.1 Å². The molecule has 8 nitrogen and oxygen atoms in total. The second-order valence-electron chi connectivity index (χ2n) is 6.69. The molecule has 1 unspecified atom stereocenters. The van der Waals surface area contributed by atoms with Crippen molar-refractivity contribution in [3.05, 3.63) is 65.0 Å². The molecule has 1 amide bonds. The van der Waals surface area contributed by atoms with Crippen molar-refractivity contribution in [3.8, 4) is 5.75 Å². The van der Waals surface area contributed by atoms with Crippen molar-refractivity contribution < 1.29 is 32.2 Å². The minimum atomic E-state index is -4.81. The number of hydrogen-bond acceptors (Lipinski definition) is 6. The van der Waals surface area contributed by atoms with Gasteiger partial charge in [-0.25, -0.2) is 0 Å². The average molecular weight is 449 g/mol. The highest BCUT2D eigenvalue weighted by Gasteiger charge is 2.31. The molecule has 0 fully saturated rings. The number of nitrogens with one attached hydrogen (secondary N) is 1. The number of esters is 1. The number of fused-ring (bicyclic) bond motifs is 1. The second kappa shape index (κ2) is 9.50. The number of halogens is 3. The van der Waals surface area contributed by atoms with Crippen molar-refractivity contribution in [2.75, 3.05) is 5.32 Å². The minimum absolute atomic E-state index is 0.0963. The lowest BCUT2D eigenvalue weighted by Gasteiger charge is -2.15. The van der Waals surface area contributed by atoms with Gasteiger partial charge in [0.2, 0.25) is 5.43 Å². The van der Waals surface area contributed by atoms with Gasteiger partial charge in [-0.3, -0.25) is 19.1 Å². The molecular weight excluding hydrogens is 431 g/mol. The number of hydrogen-bond donors (Lipinski definition) is 1. The van der Waals surface area contributed by atoms with Gasteiger partial charge < -0.3 is 14.8 Å². The molecule has 32 heavy (non-hydrogen) atoms. The average Bonchev–Trinajstić information content (AvgIpc) is 2.74. The molecule has 1 N–H and O–H groups in total. The largest absolute Gasteiger partial charge is 0.573 e. The van der Waals surface area contributed by atoms with Crippen LogP contribution in [0.3, 0.4) is 0 Å². The van der Waals surface area contributed by atoms with Gasteiger partial charge in [0.15, 0.2) is 6.10 Å². The van der Waals surface area contributed by atoms with Gasteiger partial charge in [0.05, 0.1) is 24.7 Å². The van der Waals surface area contributed by atoms with E-state index in [9.17, 15) is 27.6 Å². The predicted octanol–water partition coefficient (Wildman–Crippen LogP) is 3.26. The molecule has 0 aliphatic rings. The quantitative estimate of drug-likeness (QED) is 0.556. The highest BCUT2D eigenvalue weighted by Crippen LogP contribution is 2.24. The minimum Gasteiger partial charge on any atom is -0.452 e. The van der Waals surface area contributed by atoms with Crippen LogP contribution in [0.5, 0.6) is 5.75 Å². The van der Waals surface area contributed by atoms with Crippen LogP contribution in [0.1, 0.15) is 13.3 Å². The first kappa shape index (κ1) is 22.8. The fraction of sp³-hybridized carbons (Fsp3) is 0.238. The number of carbonyl (C=O) groups excluding carboxylic acids is 2. The predicted molar refractivity (Wildman–Crippen MR) is 108 cm³/mol. The topological polar surface area (TPSA) is 99.5 Å². The zero-order valence-electron chi connectivity index (χ0n) is 16.8. The number of ether oxygens (including phenoxy) is 2. The van der Waals surface area contributed by atoms with E-state index >= 15 is 0 Å². The first-order valence-electron chi connectivity index (χ1n) is 9.43. The molecule has 0 aliphatic carbocycles. The Morgan fingerprint density at radius 2 is 1.81 bits per heavy atom. The second-order valence-corrected chi connectivity index (χ2v) is 6.69. The molecule has 0 aliphatic heterocycles. The summed E-state index contributed by atoms with van der Waals surface area (Å²) in [6.07, 6.45) is -4.90. The number of benzene rings is 2. The van der Waals surface area contributed by atoms with Crippen LogP contribution in [-0.2, 0) is 20.9 Å². The van der Waals surface area contributed by atoms with Crippen molar-refractivity contribution in [1.29, 1.82) is 0 Å². The number of aromatic nitrogens is 2. The molecule has 1 heterocycles. The number of rotatable bonds is 7. The summed E-state index contributed by atoms with van der Waals surface area (Å²) in [6, 6.07) is 11.4. The normalized spacial score (nSPS) is 12.2. The van der Waals surface area contributed by atoms with Gasteiger partial charge in [-0.2, -0.15) is 5.10 Å². The molecule has 3 rings (SSSR count). The van der Waals surface area contributed by atoms with Crippen LogP contribution < -0.4 is 15.5 Å². The molecular formula is C21H18F3N3O5. The van der Waals surface area contributed by atoms with E-state index in [0.29, 0.717) is 10.9 Å². The number of carbonyl (C=O) groups is 2. The lowest BCUT2D eigenvalue weighted by molar-refractivity contribution is -0.274. The highest BCUT2D eigenvalue weighted by molar-refractivity contribution is 5.95. The fourth-order valence-electron chi connectivity index (χ4n) is 2.83. The number of alkyl halides is 3. The zero-order valence-corrected chi connectivity index (χ0v) is 16.8. The number of para-hydroxylation sites is 1. The van der Waals surface area contributed by atoms with Gasteiger partial charge in [0.25, 0.3) is 5.91 Å². The van der Waals surface area contributed by atoms with Crippen molar-refractivity contribution in [2.24, 2.45) is 0 Å². The summed E-state index contributed by atoms with van der Waals surface area (Å²) in [5.41, 5.74) is 0.538. The lowest BCUT2D eigenvalue weighted by atomic mass is 10.2. The van der Waals surface area contributed by atoms with E-state index in [1.165, 1.54) is 23.7 Å². The number of anilines is 1. The molecule has 3 aromatic rings. The Morgan fingerprint density at radius 3 is 2.50 bits per heavy atom.